The molecule has 0 unspecified atom stereocenters. The van der Waals surface area contributed by atoms with Crippen molar-refractivity contribution >= 4 is 50.1 Å². The van der Waals surface area contributed by atoms with Crippen molar-refractivity contribution in [3.63, 3.8) is 0 Å². The molecule has 0 saturated heterocycles. The van der Waals surface area contributed by atoms with Gasteiger partial charge in [-0.05, 0) is 48.4 Å². The molecule has 0 radical (unpaired) electrons. The Kier molecular flexibility index (Phi) is 8.60. The number of benzene rings is 3. The van der Waals surface area contributed by atoms with Gasteiger partial charge in [-0.25, -0.2) is 4.98 Å². The first-order chi connectivity index (χ1) is 19.2. The number of hydrogen-bond donors (Lipinski definition) is 1. The number of anilines is 1. The normalized spacial score (nSPS) is 10.9. The number of fused-ring (bicyclic) bond motifs is 1. The van der Waals surface area contributed by atoms with Gasteiger partial charge in [-0.15, -0.1) is 0 Å². The Balaban J connectivity index is 1.42. The van der Waals surface area contributed by atoms with Gasteiger partial charge in [-0.3, -0.25) is 25.0 Å². The van der Waals surface area contributed by atoms with Crippen LogP contribution in [0.25, 0.3) is 16.3 Å². The molecule has 0 aliphatic rings. The molecule has 0 atom stereocenters. The fraction of sp³-hybridized carbons (Fsp3) is 0.179. The predicted octanol–water partition coefficient (Wildman–Crippen LogP) is 5.45. The third-order valence-corrected chi connectivity index (χ3v) is 6.73. The molecule has 1 N–H and O–H groups in total. The summed E-state index contributed by atoms with van der Waals surface area (Å²) in [7, 11) is 4.43. The van der Waals surface area contributed by atoms with Gasteiger partial charge in [0, 0.05) is 17.7 Å². The summed E-state index contributed by atoms with van der Waals surface area (Å²) in [6.07, 6.45) is 3.05. The van der Waals surface area contributed by atoms with E-state index in [4.69, 9.17) is 18.9 Å². The van der Waals surface area contributed by atoms with Crippen LogP contribution in [0.4, 0.5) is 10.8 Å². The summed E-state index contributed by atoms with van der Waals surface area (Å²) in [5, 5.41) is 13.9. The van der Waals surface area contributed by atoms with Crippen LogP contribution < -0.4 is 24.3 Å². The molecule has 206 valence electrons. The van der Waals surface area contributed by atoms with E-state index in [2.05, 4.69) is 10.3 Å². The monoisotopic (exact) mass is 563 g/mol. The number of nitrogens with zero attached hydrogens (tertiary/aromatic N) is 2. The largest absolute Gasteiger partial charge is 0.493 e. The molecule has 0 spiro atoms. The number of thiazole rings is 1. The van der Waals surface area contributed by atoms with Gasteiger partial charge in [-0.1, -0.05) is 29.5 Å². The number of nitro groups is 1. The molecule has 40 heavy (non-hydrogen) atoms. The van der Waals surface area contributed by atoms with Crippen LogP contribution in [0.2, 0.25) is 0 Å². The molecule has 1 amide bonds. The van der Waals surface area contributed by atoms with Gasteiger partial charge in [-0.2, -0.15) is 0 Å². The van der Waals surface area contributed by atoms with Gasteiger partial charge in [0.15, 0.2) is 29.0 Å². The molecule has 0 saturated carbocycles. The molecule has 0 fully saturated rings. The summed E-state index contributed by atoms with van der Waals surface area (Å²) < 4.78 is 22.4. The summed E-state index contributed by atoms with van der Waals surface area (Å²) in [4.78, 5) is 40.1. The van der Waals surface area contributed by atoms with Crippen molar-refractivity contribution in [2.75, 3.05) is 33.3 Å². The minimum Gasteiger partial charge on any atom is -0.493 e. The minimum absolute atomic E-state index is 0.0754. The van der Waals surface area contributed by atoms with Crippen LogP contribution in [-0.4, -0.2) is 49.5 Å². The van der Waals surface area contributed by atoms with E-state index in [1.165, 1.54) is 50.9 Å². The molecule has 1 heterocycles. The first-order valence-electron chi connectivity index (χ1n) is 11.8. The SMILES string of the molecule is COc1cc(C(=O)/C=C/c2ccc(C)c(OCC(=O)Nc3nc4cc([N+](=O)[O-])ccc4s3)c2)cc(OC)c1OC. The zero-order valence-corrected chi connectivity index (χ0v) is 22.9. The van der Waals surface area contributed by atoms with E-state index in [-0.39, 0.29) is 18.1 Å². The summed E-state index contributed by atoms with van der Waals surface area (Å²) in [6.45, 7) is 1.55. The zero-order chi connectivity index (χ0) is 28.8. The number of hydrogen-bond acceptors (Lipinski definition) is 10. The number of ether oxygens (including phenoxy) is 4. The Morgan fingerprint density at radius 2 is 1.73 bits per heavy atom. The summed E-state index contributed by atoms with van der Waals surface area (Å²) in [5.41, 5.74) is 2.19. The Hall–Kier alpha value is -4.97. The maximum absolute atomic E-state index is 12.8. The minimum atomic E-state index is -0.500. The van der Waals surface area contributed by atoms with Crippen molar-refractivity contribution in [3.8, 4) is 23.0 Å². The van der Waals surface area contributed by atoms with Gasteiger partial charge in [0.25, 0.3) is 11.6 Å². The third kappa shape index (κ3) is 6.35. The van der Waals surface area contributed by atoms with Crippen molar-refractivity contribution < 1.29 is 33.5 Å². The number of rotatable bonds is 11. The van der Waals surface area contributed by atoms with E-state index >= 15 is 0 Å². The fourth-order valence-corrected chi connectivity index (χ4v) is 4.61. The summed E-state index contributed by atoms with van der Waals surface area (Å²) >= 11 is 1.20. The molecule has 0 aliphatic heterocycles. The number of non-ortho nitro benzene ring substituents is 1. The van der Waals surface area contributed by atoms with Crippen molar-refractivity contribution in [1.82, 2.24) is 4.98 Å². The van der Waals surface area contributed by atoms with Crippen LogP contribution in [0.5, 0.6) is 23.0 Å². The van der Waals surface area contributed by atoms with Crippen LogP contribution in [0.3, 0.4) is 0 Å². The van der Waals surface area contributed by atoms with E-state index in [0.29, 0.717) is 49.5 Å². The highest BCUT2D eigenvalue weighted by Gasteiger charge is 2.16. The van der Waals surface area contributed by atoms with Crippen molar-refractivity contribution in [1.29, 1.82) is 0 Å². The van der Waals surface area contributed by atoms with Crippen LogP contribution in [-0.2, 0) is 4.79 Å². The van der Waals surface area contributed by atoms with Crippen molar-refractivity contribution in [3.05, 3.63) is 81.4 Å². The maximum atomic E-state index is 12.8. The predicted molar refractivity (Wildman–Crippen MR) is 151 cm³/mol. The highest BCUT2D eigenvalue weighted by molar-refractivity contribution is 7.22. The first kappa shape index (κ1) is 28.0. The molecule has 0 aliphatic carbocycles. The molecule has 0 bridgehead atoms. The number of aryl methyl sites for hydroxylation is 1. The highest BCUT2D eigenvalue weighted by atomic mass is 32.1. The molecule has 12 heteroatoms. The fourth-order valence-electron chi connectivity index (χ4n) is 3.75. The number of allylic oxidation sites excluding steroid dienone is 1. The second kappa shape index (κ2) is 12.3. The second-order valence-corrected chi connectivity index (χ2v) is 9.43. The Morgan fingerprint density at radius 3 is 2.38 bits per heavy atom. The van der Waals surface area contributed by atoms with E-state index in [1.807, 2.05) is 19.1 Å². The van der Waals surface area contributed by atoms with Gasteiger partial charge < -0.3 is 18.9 Å². The van der Waals surface area contributed by atoms with Gasteiger partial charge in [0.05, 0.1) is 36.5 Å². The molecular weight excluding hydrogens is 538 g/mol. The highest BCUT2D eigenvalue weighted by Crippen LogP contribution is 2.38. The number of carbonyl (C=O) groups excluding carboxylic acids is 2. The van der Waals surface area contributed by atoms with Crippen LogP contribution in [0.15, 0.2) is 54.6 Å². The number of carbonyl (C=O) groups is 2. The smallest absolute Gasteiger partial charge is 0.271 e. The molecular formula is C28H25N3O8S. The van der Waals surface area contributed by atoms with Crippen LogP contribution in [0, 0.1) is 17.0 Å². The lowest BCUT2D eigenvalue weighted by atomic mass is 10.1. The lowest BCUT2D eigenvalue weighted by Crippen LogP contribution is -2.20. The second-order valence-electron chi connectivity index (χ2n) is 8.40. The number of ketones is 1. The van der Waals surface area contributed by atoms with Crippen molar-refractivity contribution in [2.24, 2.45) is 0 Å². The Labute approximate surface area is 233 Å². The molecule has 11 nitrogen and oxygen atoms in total. The lowest BCUT2D eigenvalue weighted by Gasteiger charge is -2.13. The van der Waals surface area contributed by atoms with E-state index in [9.17, 15) is 19.7 Å². The number of amides is 1. The van der Waals surface area contributed by atoms with Gasteiger partial charge in [0.1, 0.15) is 5.75 Å². The number of aromatic nitrogens is 1. The standard InChI is InChI=1S/C28H25N3O8S/c1-16-5-6-17(7-9-21(32)18-12-23(36-2)27(38-4)24(13-18)37-3)11-22(16)39-15-26(33)30-28-29-20-14-19(31(34)35)8-10-25(20)40-28/h5-14H,15H2,1-4H3,(H,29,30,33)/b9-7+. The molecule has 3 aromatic carbocycles. The Morgan fingerprint density at radius 1 is 1.00 bits per heavy atom. The van der Waals surface area contributed by atoms with Gasteiger partial charge >= 0.3 is 0 Å². The number of nitro benzene ring substituents is 1. The summed E-state index contributed by atoms with van der Waals surface area (Å²) in [6, 6.07) is 12.8. The molecule has 4 aromatic rings. The quantitative estimate of drug-likeness (QED) is 0.109. The topological polar surface area (TPSA) is 139 Å². The lowest BCUT2D eigenvalue weighted by molar-refractivity contribution is -0.384. The average Bonchev–Trinajstić information content (AvgIpc) is 3.36. The van der Waals surface area contributed by atoms with Gasteiger partial charge in [0.2, 0.25) is 5.75 Å². The Bertz CT molecular complexity index is 1600. The van der Waals surface area contributed by atoms with Crippen molar-refractivity contribution in [2.45, 2.75) is 6.92 Å². The van der Waals surface area contributed by atoms with E-state index < -0.39 is 10.8 Å². The zero-order valence-electron chi connectivity index (χ0n) is 22.0. The maximum Gasteiger partial charge on any atom is 0.271 e. The molecule has 4 rings (SSSR count). The molecule has 1 aromatic heterocycles. The number of nitrogens with one attached hydrogen (secondary N) is 1. The third-order valence-electron chi connectivity index (χ3n) is 5.78. The van der Waals surface area contributed by atoms with Crippen LogP contribution in [0.1, 0.15) is 21.5 Å². The van der Waals surface area contributed by atoms with E-state index in [1.54, 1.807) is 30.3 Å². The van der Waals surface area contributed by atoms with Crippen LogP contribution >= 0.6 is 11.3 Å². The first-order valence-corrected chi connectivity index (χ1v) is 12.6. The number of methoxy groups -OCH3 is 3. The average molecular weight is 564 g/mol. The summed E-state index contributed by atoms with van der Waals surface area (Å²) in [5.74, 6) is 0.888. The van der Waals surface area contributed by atoms with E-state index in [0.717, 1.165) is 5.56 Å².